The molecule has 0 atom stereocenters. The quantitative estimate of drug-likeness (QED) is 0.571. The Balaban J connectivity index is 1.78. The molecule has 1 aliphatic rings. The third-order valence-electron chi connectivity index (χ3n) is 4.45. The molecule has 2 aromatic carbocycles. The average Bonchev–Trinajstić information content (AvgIpc) is 3.11. The van der Waals surface area contributed by atoms with Crippen LogP contribution in [0.15, 0.2) is 53.6 Å². The Morgan fingerprint density at radius 2 is 1.96 bits per heavy atom. The molecule has 0 saturated carbocycles. The van der Waals surface area contributed by atoms with Gasteiger partial charge in [0.25, 0.3) is 11.1 Å². The van der Waals surface area contributed by atoms with E-state index in [2.05, 4.69) is 0 Å². The maximum Gasteiger partial charge on any atom is 0.293 e. The zero-order valence-electron chi connectivity index (χ0n) is 14.3. The summed E-state index contributed by atoms with van der Waals surface area (Å²) in [5.74, 6) is -0.680. The molecule has 4 rings (SSSR count). The molecule has 7 heteroatoms. The first-order chi connectivity index (χ1) is 12.9. The first kappa shape index (κ1) is 17.8. The Morgan fingerprint density at radius 1 is 1.19 bits per heavy atom. The molecule has 0 N–H and O–H groups in total. The summed E-state index contributed by atoms with van der Waals surface area (Å²) in [4.78, 5) is 25.4. The lowest BCUT2D eigenvalue weighted by molar-refractivity contribution is -0.121. The lowest BCUT2D eigenvalue weighted by Gasteiger charge is -2.07. The van der Waals surface area contributed by atoms with Gasteiger partial charge in [0.1, 0.15) is 5.82 Å². The number of nitrogens with zero attached hydrogens (tertiary/aromatic N) is 2. The second-order valence-electron chi connectivity index (χ2n) is 6.21. The van der Waals surface area contributed by atoms with E-state index in [4.69, 9.17) is 11.6 Å². The summed E-state index contributed by atoms with van der Waals surface area (Å²) in [5.41, 5.74) is 2.59. The predicted octanol–water partition coefficient (Wildman–Crippen LogP) is 5.15. The van der Waals surface area contributed by atoms with Crippen LogP contribution in [0.4, 0.5) is 9.18 Å². The number of likely N-dealkylation sites (N-methyl/N-ethyl adjacent to an activating group) is 1. The monoisotopic (exact) mass is 400 g/mol. The van der Waals surface area contributed by atoms with Crippen molar-refractivity contribution in [3.05, 3.63) is 75.5 Å². The van der Waals surface area contributed by atoms with E-state index in [0.29, 0.717) is 16.5 Å². The summed E-state index contributed by atoms with van der Waals surface area (Å²) in [6.07, 6.45) is 3.65. The molecule has 0 spiro atoms. The number of benzene rings is 2. The number of rotatable bonds is 3. The largest absolute Gasteiger partial charge is 0.342 e. The Hall–Kier alpha value is -2.57. The third-order valence-corrected chi connectivity index (χ3v) is 5.76. The summed E-state index contributed by atoms with van der Waals surface area (Å²) in [6.45, 7) is 0.461. The van der Waals surface area contributed by atoms with Gasteiger partial charge in [0.2, 0.25) is 0 Å². The van der Waals surface area contributed by atoms with Gasteiger partial charge in [-0.05, 0) is 41.6 Å². The van der Waals surface area contributed by atoms with Crippen LogP contribution in [0.25, 0.3) is 17.0 Å². The van der Waals surface area contributed by atoms with Gasteiger partial charge in [0.05, 0.1) is 4.91 Å². The molecule has 2 amide bonds. The van der Waals surface area contributed by atoms with Crippen LogP contribution in [0.5, 0.6) is 0 Å². The zero-order chi connectivity index (χ0) is 19.1. The fourth-order valence-electron chi connectivity index (χ4n) is 3.04. The van der Waals surface area contributed by atoms with Crippen LogP contribution >= 0.6 is 23.4 Å². The van der Waals surface area contributed by atoms with Crippen LogP contribution in [0.3, 0.4) is 0 Å². The van der Waals surface area contributed by atoms with Gasteiger partial charge in [-0.15, -0.1) is 0 Å². The number of fused-ring (bicyclic) bond motifs is 1. The predicted molar refractivity (Wildman–Crippen MR) is 106 cm³/mol. The number of carbonyl (C=O) groups excluding carboxylic acids is 2. The van der Waals surface area contributed by atoms with Gasteiger partial charge in [-0.2, -0.15) is 0 Å². The number of carbonyl (C=O) groups is 2. The Kier molecular flexibility index (Phi) is 4.53. The fourth-order valence-corrected chi connectivity index (χ4v) is 4.09. The fraction of sp³-hybridized carbons (Fsp3) is 0.100. The molecule has 2 heterocycles. The van der Waals surface area contributed by atoms with Gasteiger partial charge in [-0.25, -0.2) is 4.39 Å². The van der Waals surface area contributed by atoms with E-state index in [9.17, 15) is 14.0 Å². The van der Waals surface area contributed by atoms with E-state index in [1.165, 1.54) is 19.2 Å². The van der Waals surface area contributed by atoms with Crippen molar-refractivity contribution in [2.45, 2.75) is 6.54 Å². The van der Waals surface area contributed by atoms with Crippen LogP contribution in [-0.2, 0) is 11.3 Å². The van der Waals surface area contributed by atoms with E-state index in [1.807, 2.05) is 35.0 Å². The first-order valence-electron chi connectivity index (χ1n) is 8.17. The molecule has 1 fully saturated rings. The highest BCUT2D eigenvalue weighted by atomic mass is 35.5. The van der Waals surface area contributed by atoms with Gasteiger partial charge < -0.3 is 4.57 Å². The number of hydrogen-bond donors (Lipinski definition) is 0. The van der Waals surface area contributed by atoms with E-state index in [-0.39, 0.29) is 17.0 Å². The summed E-state index contributed by atoms with van der Waals surface area (Å²) in [6, 6.07) is 12.1. The van der Waals surface area contributed by atoms with Crippen molar-refractivity contribution in [3.8, 4) is 0 Å². The van der Waals surface area contributed by atoms with Gasteiger partial charge in [-0.1, -0.05) is 35.9 Å². The molecule has 0 aliphatic carbocycles. The van der Waals surface area contributed by atoms with Gasteiger partial charge in [0, 0.05) is 41.3 Å². The average molecular weight is 401 g/mol. The van der Waals surface area contributed by atoms with Crippen molar-refractivity contribution < 1.29 is 14.0 Å². The molecule has 1 aromatic heterocycles. The number of para-hydroxylation sites is 1. The number of thioether (sulfide) groups is 1. The normalized spacial score (nSPS) is 16.1. The summed E-state index contributed by atoms with van der Waals surface area (Å²) >= 11 is 7.10. The highest BCUT2D eigenvalue weighted by molar-refractivity contribution is 8.18. The maximum absolute atomic E-state index is 13.3. The third kappa shape index (κ3) is 3.26. The minimum absolute atomic E-state index is 0.284. The minimum Gasteiger partial charge on any atom is -0.342 e. The number of hydrogen-bond acceptors (Lipinski definition) is 3. The zero-order valence-corrected chi connectivity index (χ0v) is 15.9. The molecule has 0 radical (unpaired) electrons. The van der Waals surface area contributed by atoms with Crippen molar-refractivity contribution in [2.75, 3.05) is 7.05 Å². The van der Waals surface area contributed by atoms with E-state index in [1.54, 1.807) is 12.1 Å². The minimum atomic E-state index is -0.378. The lowest BCUT2D eigenvalue weighted by atomic mass is 10.1. The summed E-state index contributed by atoms with van der Waals surface area (Å²) in [5, 5.41) is 1.04. The summed E-state index contributed by atoms with van der Waals surface area (Å²) < 4.78 is 15.3. The highest BCUT2D eigenvalue weighted by Gasteiger charge is 2.32. The van der Waals surface area contributed by atoms with Crippen molar-refractivity contribution in [2.24, 2.45) is 0 Å². The number of halogens is 2. The topological polar surface area (TPSA) is 42.3 Å². The van der Waals surface area contributed by atoms with Crippen molar-refractivity contribution in [3.63, 3.8) is 0 Å². The Labute approximate surface area is 164 Å². The van der Waals surface area contributed by atoms with Crippen LogP contribution in [0.2, 0.25) is 5.02 Å². The molecule has 1 saturated heterocycles. The van der Waals surface area contributed by atoms with Crippen molar-refractivity contribution in [1.82, 2.24) is 9.47 Å². The van der Waals surface area contributed by atoms with E-state index < -0.39 is 0 Å². The molecular formula is C20H14ClFN2O2S. The van der Waals surface area contributed by atoms with Crippen LogP contribution in [-0.4, -0.2) is 27.7 Å². The highest BCUT2D eigenvalue weighted by Crippen LogP contribution is 2.33. The van der Waals surface area contributed by atoms with Crippen molar-refractivity contribution >= 4 is 51.5 Å². The number of amides is 2. The van der Waals surface area contributed by atoms with Gasteiger partial charge >= 0.3 is 0 Å². The maximum atomic E-state index is 13.3. The van der Waals surface area contributed by atoms with Crippen LogP contribution in [0, 0.1) is 5.82 Å². The Morgan fingerprint density at radius 3 is 2.67 bits per heavy atom. The Bertz CT molecular complexity index is 1120. The SMILES string of the molecule is CN1C(=O)S/C(=C\c2cn(Cc3ccc(F)cc3Cl)c3ccccc23)C1=O. The van der Waals surface area contributed by atoms with E-state index >= 15 is 0 Å². The molecule has 1 aliphatic heterocycles. The smallest absolute Gasteiger partial charge is 0.293 e. The number of imide groups is 1. The standard InChI is InChI=1S/C20H14ClFN2O2S/c1-23-19(25)18(27-20(23)26)8-13-11-24(17-5-3-2-4-15(13)17)10-12-6-7-14(22)9-16(12)21/h2-9,11H,10H2,1H3/b18-8-. The van der Waals surface area contributed by atoms with Crippen LogP contribution in [0.1, 0.15) is 11.1 Å². The van der Waals surface area contributed by atoms with Gasteiger partial charge in [0.15, 0.2) is 0 Å². The molecule has 0 unspecified atom stereocenters. The first-order valence-corrected chi connectivity index (χ1v) is 9.37. The number of aromatic nitrogens is 1. The van der Waals surface area contributed by atoms with E-state index in [0.717, 1.165) is 38.7 Å². The second kappa shape index (κ2) is 6.87. The molecule has 4 nitrogen and oxygen atoms in total. The molecular weight excluding hydrogens is 387 g/mol. The van der Waals surface area contributed by atoms with Crippen LogP contribution < -0.4 is 0 Å². The van der Waals surface area contributed by atoms with Crippen molar-refractivity contribution in [1.29, 1.82) is 0 Å². The molecule has 27 heavy (non-hydrogen) atoms. The lowest BCUT2D eigenvalue weighted by Crippen LogP contribution is -2.22. The summed E-state index contributed by atoms with van der Waals surface area (Å²) in [7, 11) is 1.47. The molecule has 3 aromatic rings. The van der Waals surface area contributed by atoms with Gasteiger partial charge in [-0.3, -0.25) is 14.5 Å². The second-order valence-corrected chi connectivity index (χ2v) is 7.61. The molecule has 0 bridgehead atoms. The molecule has 136 valence electrons.